The second-order valence-electron chi connectivity index (χ2n) is 12.5. The minimum Gasteiger partial charge on any atom is -0.484 e. The molecule has 43 heavy (non-hydrogen) atoms. The van der Waals surface area contributed by atoms with Crippen LogP contribution in [-0.2, 0) is 23.9 Å². The van der Waals surface area contributed by atoms with E-state index in [0.29, 0.717) is 36.6 Å². The fourth-order valence-electron chi connectivity index (χ4n) is 5.58. The zero-order chi connectivity index (χ0) is 32.1. The molecule has 0 saturated heterocycles. The average molecular weight is 616 g/mol. The van der Waals surface area contributed by atoms with Crippen molar-refractivity contribution < 1.29 is 28.6 Å². The molecule has 238 valence electrons. The average Bonchev–Trinajstić information content (AvgIpc) is 2.98. The standard InChI is InChI=1S/C35H50ClNO6/c1-8-10-21-41-31(39)34(6,23-26(3)27-14-12-11-13-15-27)25-33(4,5)35(7,9-2)32(40)42-22-20-37-30(38)24-43-29-18-16-28(36)17-19-29/h11-19,26H,8-10,20-25H2,1-7H3,(H,37,38). The molecule has 1 amide bonds. The zero-order valence-corrected chi connectivity index (χ0v) is 27.7. The van der Waals surface area contributed by atoms with Crippen molar-refractivity contribution in [3.63, 3.8) is 0 Å². The first-order valence-electron chi connectivity index (χ1n) is 15.3. The Balaban J connectivity index is 2.05. The van der Waals surface area contributed by atoms with Crippen LogP contribution in [0, 0.1) is 16.2 Å². The van der Waals surface area contributed by atoms with Crippen LogP contribution in [0.1, 0.15) is 92.1 Å². The molecule has 8 heteroatoms. The van der Waals surface area contributed by atoms with Gasteiger partial charge >= 0.3 is 11.9 Å². The van der Waals surface area contributed by atoms with E-state index in [9.17, 15) is 14.4 Å². The minimum atomic E-state index is -0.879. The van der Waals surface area contributed by atoms with Crippen molar-refractivity contribution >= 4 is 29.4 Å². The van der Waals surface area contributed by atoms with Crippen molar-refractivity contribution in [2.24, 2.45) is 16.2 Å². The maximum Gasteiger partial charge on any atom is 0.312 e. The third-order valence-electron chi connectivity index (χ3n) is 8.67. The van der Waals surface area contributed by atoms with Gasteiger partial charge in [0.1, 0.15) is 12.4 Å². The van der Waals surface area contributed by atoms with E-state index in [0.717, 1.165) is 18.4 Å². The summed E-state index contributed by atoms with van der Waals surface area (Å²) in [6.45, 7) is 14.5. The molecule has 3 atom stereocenters. The summed E-state index contributed by atoms with van der Waals surface area (Å²) in [6.07, 6.45) is 3.30. The second kappa shape index (κ2) is 16.7. The van der Waals surface area contributed by atoms with Gasteiger partial charge in [-0.1, -0.05) is 83.0 Å². The quantitative estimate of drug-likeness (QED) is 0.136. The molecule has 0 aliphatic carbocycles. The Hall–Kier alpha value is -3.06. The molecule has 2 rings (SSSR count). The molecule has 0 saturated carbocycles. The molecule has 0 heterocycles. The van der Waals surface area contributed by atoms with Crippen LogP contribution in [-0.4, -0.2) is 44.2 Å². The van der Waals surface area contributed by atoms with Crippen LogP contribution < -0.4 is 10.1 Å². The predicted octanol–water partition coefficient (Wildman–Crippen LogP) is 7.75. The fourth-order valence-corrected chi connectivity index (χ4v) is 5.71. The van der Waals surface area contributed by atoms with E-state index in [1.54, 1.807) is 24.3 Å². The Bertz CT molecular complexity index is 1170. The van der Waals surface area contributed by atoms with Crippen LogP contribution in [0.25, 0.3) is 0 Å². The molecule has 3 unspecified atom stereocenters. The van der Waals surface area contributed by atoms with Gasteiger partial charge in [0.05, 0.1) is 24.0 Å². The van der Waals surface area contributed by atoms with Gasteiger partial charge in [0.25, 0.3) is 5.91 Å². The Morgan fingerprint density at radius 2 is 1.51 bits per heavy atom. The number of benzene rings is 2. The van der Waals surface area contributed by atoms with E-state index in [-0.39, 0.29) is 43.5 Å². The van der Waals surface area contributed by atoms with E-state index in [4.69, 9.17) is 25.8 Å². The monoisotopic (exact) mass is 615 g/mol. The predicted molar refractivity (Wildman–Crippen MR) is 171 cm³/mol. The maximum absolute atomic E-state index is 13.6. The first kappa shape index (κ1) is 36.1. The summed E-state index contributed by atoms with van der Waals surface area (Å²) in [6, 6.07) is 16.9. The van der Waals surface area contributed by atoms with Crippen LogP contribution in [0.2, 0.25) is 5.02 Å². The summed E-state index contributed by atoms with van der Waals surface area (Å²) >= 11 is 5.87. The Morgan fingerprint density at radius 3 is 2.12 bits per heavy atom. The number of amides is 1. The molecule has 0 bridgehead atoms. The van der Waals surface area contributed by atoms with Gasteiger partial charge in [0.2, 0.25) is 0 Å². The number of hydrogen-bond donors (Lipinski definition) is 1. The number of unbranched alkanes of at least 4 members (excludes halogenated alkanes) is 1. The summed E-state index contributed by atoms with van der Waals surface area (Å²) in [5.41, 5.74) is -1.15. The van der Waals surface area contributed by atoms with Gasteiger partial charge in [-0.2, -0.15) is 0 Å². The SMILES string of the molecule is CCCCOC(=O)C(C)(CC(C)c1ccccc1)CC(C)(C)C(C)(CC)C(=O)OCCNC(=O)COc1ccc(Cl)cc1. The molecular formula is C35H50ClNO6. The number of nitrogens with one attached hydrogen (secondary N) is 1. The molecule has 0 fully saturated rings. The third kappa shape index (κ3) is 10.6. The molecule has 0 aromatic heterocycles. The van der Waals surface area contributed by atoms with Crippen molar-refractivity contribution in [3.8, 4) is 5.75 Å². The third-order valence-corrected chi connectivity index (χ3v) is 8.93. The summed E-state index contributed by atoms with van der Waals surface area (Å²) in [4.78, 5) is 39.4. The Labute approximate surface area is 263 Å². The van der Waals surface area contributed by atoms with E-state index in [2.05, 4.69) is 31.3 Å². The number of carbonyl (C=O) groups is 3. The molecule has 0 spiro atoms. The van der Waals surface area contributed by atoms with Crippen molar-refractivity contribution in [2.75, 3.05) is 26.4 Å². The topological polar surface area (TPSA) is 90.9 Å². The lowest BCUT2D eigenvalue weighted by atomic mass is 9.57. The lowest BCUT2D eigenvalue weighted by molar-refractivity contribution is -0.170. The number of carbonyl (C=O) groups excluding carboxylic acids is 3. The van der Waals surface area contributed by atoms with Crippen molar-refractivity contribution in [3.05, 3.63) is 65.2 Å². The van der Waals surface area contributed by atoms with Crippen LogP contribution in [0.3, 0.4) is 0 Å². The lowest BCUT2D eigenvalue weighted by Gasteiger charge is -2.46. The summed E-state index contributed by atoms with van der Waals surface area (Å²) < 4.78 is 16.9. The zero-order valence-electron chi connectivity index (χ0n) is 27.0. The summed E-state index contributed by atoms with van der Waals surface area (Å²) in [7, 11) is 0. The van der Waals surface area contributed by atoms with Crippen LogP contribution in [0.4, 0.5) is 0 Å². The van der Waals surface area contributed by atoms with Gasteiger partial charge in [-0.15, -0.1) is 0 Å². The number of hydrogen-bond acceptors (Lipinski definition) is 6. The highest BCUT2D eigenvalue weighted by Gasteiger charge is 2.52. The Morgan fingerprint density at radius 1 is 0.884 bits per heavy atom. The molecule has 2 aromatic carbocycles. The first-order chi connectivity index (χ1) is 20.3. The van der Waals surface area contributed by atoms with Crippen molar-refractivity contribution in [2.45, 2.75) is 86.5 Å². The molecular weight excluding hydrogens is 566 g/mol. The van der Waals surface area contributed by atoms with Crippen molar-refractivity contribution in [1.82, 2.24) is 5.32 Å². The second-order valence-corrected chi connectivity index (χ2v) is 13.0. The van der Waals surface area contributed by atoms with Gasteiger partial charge in [-0.25, -0.2) is 0 Å². The number of halogens is 1. The van der Waals surface area contributed by atoms with Gasteiger partial charge in [-0.3, -0.25) is 14.4 Å². The smallest absolute Gasteiger partial charge is 0.312 e. The van der Waals surface area contributed by atoms with E-state index < -0.39 is 16.2 Å². The molecule has 0 radical (unpaired) electrons. The van der Waals surface area contributed by atoms with Crippen LogP contribution in [0.5, 0.6) is 5.75 Å². The molecule has 0 aliphatic rings. The number of rotatable bonds is 18. The normalized spacial score (nSPS) is 15.0. The van der Waals surface area contributed by atoms with Gasteiger partial charge < -0.3 is 19.5 Å². The van der Waals surface area contributed by atoms with Crippen molar-refractivity contribution in [1.29, 1.82) is 0 Å². The molecule has 7 nitrogen and oxygen atoms in total. The van der Waals surface area contributed by atoms with Crippen LogP contribution >= 0.6 is 11.6 Å². The summed E-state index contributed by atoms with van der Waals surface area (Å²) in [5.74, 6) is -0.259. The highest BCUT2D eigenvalue weighted by molar-refractivity contribution is 6.30. The maximum atomic E-state index is 13.6. The Kier molecular flexibility index (Phi) is 14.0. The molecule has 1 N–H and O–H groups in total. The minimum absolute atomic E-state index is 0.0263. The number of ether oxygens (including phenoxy) is 3. The highest BCUT2D eigenvalue weighted by atomic mass is 35.5. The molecule has 0 aliphatic heterocycles. The van der Waals surface area contributed by atoms with E-state index in [1.807, 2.05) is 52.8 Å². The largest absolute Gasteiger partial charge is 0.484 e. The summed E-state index contributed by atoms with van der Waals surface area (Å²) in [5, 5.41) is 3.30. The fraction of sp³-hybridized carbons (Fsp3) is 0.571. The lowest BCUT2D eigenvalue weighted by Crippen LogP contribution is -2.48. The van der Waals surface area contributed by atoms with Crippen LogP contribution in [0.15, 0.2) is 54.6 Å². The van der Waals surface area contributed by atoms with Gasteiger partial charge in [0.15, 0.2) is 6.61 Å². The van der Waals surface area contributed by atoms with Gasteiger partial charge in [0, 0.05) is 5.02 Å². The number of esters is 2. The van der Waals surface area contributed by atoms with E-state index in [1.165, 1.54) is 0 Å². The highest BCUT2D eigenvalue weighted by Crippen LogP contribution is 2.52. The molecule has 2 aromatic rings. The van der Waals surface area contributed by atoms with E-state index >= 15 is 0 Å². The first-order valence-corrected chi connectivity index (χ1v) is 15.7. The van der Waals surface area contributed by atoms with Gasteiger partial charge in [-0.05, 0) is 80.7 Å².